The number of amides is 1. The third-order valence-corrected chi connectivity index (χ3v) is 6.04. The Morgan fingerprint density at radius 1 is 1.10 bits per heavy atom. The van der Waals surface area contributed by atoms with E-state index < -0.39 is 0 Å². The number of hydrogen-bond acceptors (Lipinski definition) is 5. The van der Waals surface area contributed by atoms with E-state index in [9.17, 15) is 4.79 Å². The second-order valence-electron chi connectivity index (χ2n) is 8.41. The summed E-state index contributed by atoms with van der Waals surface area (Å²) in [7, 11) is 0. The minimum absolute atomic E-state index is 0.0238. The zero-order valence-corrected chi connectivity index (χ0v) is 18.3. The molecule has 0 radical (unpaired) electrons. The molecule has 2 aromatic rings. The van der Waals surface area contributed by atoms with Crippen LogP contribution in [0.2, 0.25) is 0 Å². The summed E-state index contributed by atoms with van der Waals surface area (Å²) < 4.78 is 5.49. The van der Waals surface area contributed by atoms with E-state index in [0.29, 0.717) is 24.8 Å². The number of unbranched alkanes of at least 4 members (excludes halogenated alkanes) is 7. The minimum atomic E-state index is -0.0238. The predicted molar refractivity (Wildman–Crippen MR) is 119 cm³/mol. The van der Waals surface area contributed by atoms with Crippen molar-refractivity contribution in [3.8, 4) is 11.4 Å². The molecule has 0 aliphatic carbocycles. The van der Waals surface area contributed by atoms with E-state index in [-0.39, 0.29) is 18.4 Å². The van der Waals surface area contributed by atoms with Gasteiger partial charge in [0.1, 0.15) is 0 Å². The minimum Gasteiger partial charge on any atom is -0.341 e. The van der Waals surface area contributed by atoms with Gasteiger partial charge in [-0.05, 0) is 24.8 Å². The lowest BCUT2D eigenvalue weighted by Gasteiger charge is -2.13. The van der Waals surface area contributed by atoms with Crippen LogP contribution in [-0.4, -0.2) is 40.6 Å². The summed E-state index contributed by atoms with van der Waals surface area (Å²) in [6.45, 7) is 3.62. The van der Waals surface area contributed by atoms with Crippen molar-refractivity contribution < 1.29 is 9.32 Å². The monoisotopic (exact) mass is 412 g/mol. The zero-order chi connectivity index (χ0) is 21.2. The SMILES string of the molecule is CCCCCCCCCCc1ccc(-c2noc([C@@H]3CCN(C(=O)CN)C3)n2)cc1. The Bertz CT molecular complexity index is 772. The van der Waals surface area contributed by atoms with Crippen LogP contribution in [0.1, 0.15) is 82.1 Å². The Morgan fingerprint density at radius 3 is 2.50 bits per heavy atom. The summed E-state index contributed by atoms with van der Waals surface area (Å²) in [5.41, 5.74) is 7.78. The van der Waals surface area contributed by atoms with E-state index >= 15 is 0 Å². The van der Waals surface area contributed by atoms with E-state index in [1.165, 1.54) is 56.9 Å². The highest BCUT2D eigenvalue weighted by atomic mass is 16.5. The van der Waals surface area contributed by atoms with Gasteiger partial charge in [0.25, 0.3) is 0 Å². The average Bonchev–Trinajstić information content (AvgIpc) is 3.45. The lowest BCUT2D eigenvalue weighted by atomic mass is 10.0. The average molecular weight is 413 g/mol. The van der Waals surface area contributed by atoms with Crippen molar-refractivity contribution in [2.24, 2.45) is 5.73 Å². The summed E-state index contributed by atoms with van der Waals surface area (Å²) >= 11 is 0. The van der Waals surface area contributed by atoms with Crippen molar-refractivity contribution in [2.45, 2.75) is 77.0 Å². The van der Waals surface area contributed by atoms with Crippen molar-refractivity contribution in [1.82, 2.24) is 15.0 Å². The summed E-state index contributed by atoms with van der Waals surface area (Å²) in [4.78, 5) is 18.1. The fourth-order valence-corrected chi connectivity index (χ4v) is 4.12. The molecule has 1 aliphatic heterocycles. The number of likely N-dealkylation sites (tertiary alicyclic amines) is 1. The Hall–Kier alpha value is -2.21. The molecule has 164 valence electrons. The van der Waals surface area contributed by atoms with Crippen LogP contribution >= 0.6 is 0 Å². The summed E-state index contributed by atoms with van der Waals surface area (Å²) in [6.07, 6.45) is 12.7. The molecule has 6 nitrogen and oxygen atoms in total. The Balaban J connectivity index is 1.43. The van der Waals surface area contributed by atoms with Gasteiger partial charge in [0.15, 0.2) is 0 Å². The molecule has 0 unspecified atom stereocenters. The Labute approximate surface area is 180 Å². The van der Waals surface area contributed by atoms with E-state index in [4.69, 9.17) is 10.3 Å². The quantitative estimate of drug-likeness (QED) is 0.511. The first-order valence-electron chi connectivity index (χ1n) is 11.6. The number of carbonyl (C=O) groups excluding carboxylic acids is 1. The van der Waals surface area contributed by atoms with Crippen LogP contribution in [0, 0.1) is 0 Å². The lowest BCUT2D eigenvalue weighted by Crippen LogP contribution is -2.33. The number of nitrogens with two attached hydrogens (primary N) is 1. The van der Waals surface area contributed by atoms with Crippen LogP contribution in [0.5, 0.6) is 0 Å². The van der Waals surface area contributed by atoms with Gasteiger partial charge in [-0.15, -0.1) is 0 Å². The largest absolute Gasteiger partial charge is 0.341 e. The molecule has 1 aromatic carbocycles. The molecule has 1 aromatic heterocycles. The molecule has 1 amide bonds. The first-order valence-corrected chi connectivity index (χ1v) is 11.6. The summed E-state index contributed by atoms with van der Waals surface area (Å²) in [5, 5.41) is 4.15. The number of hydrogen-bond donors (Lipinski definition) is 1. The van der Waals surface area contributed by atoms with E-state index in [0.717, 1.165) is 18.4 Å². The normalized spacial score (nSPS) is 16.3. The van der Waals surface area contributed by atoms with Crippen molar-refractivity contribution in [3.63, 3.8) is 0 Å². The molecule has 0 spiro atoms. The highest BCUT2D eigenvalue weighted by Crippen LogP contribution is 2.28. The van der Waals surface area contributed by atoms with E-state index in [1.807, 2.05) is 0 Å². The standard InChI is InChI=1S/C24H36N4O2/c1-2-3-4-5-6-7-8-9-10-19-11-13-20(14-12-19)23-26-24(30-27-23)21-15-16-28(18-21)22(29)17-25/h11-14,21H,2-10,15-18,25H2,1H3/t21-/m1/s1. The molecular formula is C24H36N4O2. The van der Waals surface area contributed by atoms with Crippen LogP contribution in [0.15, 0.2) is 28.8 Å². The fourth-order valence-electron chi connectivity index (χ4n) is 4.12. The van der Waals surface area contributed by atoms with E-state index in [2.05, 4.69) is 41.3 Å². The smallest absolute Gasteiger partial charge is 0.236 e. The van der Waals surface area contributed by atoms with Crippen molar-refractivity contribution >= 4 is 5.91 Å². The van der Waals surface area contributed by atoms with Crippen LogP contribution in [0.3, 0.4) is 0 Å². The van der Waals surface area contributed by atoms with Crippen LogP contribution in [0.25, 0.3) is 11.4 Å². The maximum Gasteiger partial charge on any atom is 0.236 e. The second-order valence-corrected chi connectivity index (χ2v) is 8.41. The summed E-state index contributed by atoms with van der Waals surface area (Å²) in [5.74, 6) is 1.31. The zero-order valence-electron chi connectivity index (χ0n) is 18.3. The van der Waals surface area contributed by atoms with Crippen molar-refractivity contribution in [3.05, 3.63) is 35.7 Å². The third kappa shape index (κ3) is 6.39. The lowest BCUT2D eigenvalue weighted by molar-refractivity contribution is -0.128. The topological polar surface area (TPSA) is 85.2 Å². The number of aromatic nitrogens is 2. The van der Waals surface area contributed by atoms with Gasteiger partial charge in [-0.3, -0.25) is 4.79 Å². The van der Waals surface area contributed by atoms with Crippen LogP contribution in [-0.2, 0) is 11.2 Å². The van der Waals surface area contributed by atoms with Gasteiger partial charge in [0, 0.05) is 18.7 Å². The molecule has 0 saturated carbocycles. The van der Waals surface area contributed by atoms with Gasteiger partial charge in [-0.2, -0.15) is 4.98 Å². The van der Waals surface area contributed by atoms with E-state index in [1.54, 1.807) is 4.90 Å². The third-order valence-electron chi connectivity index (χ3n) is 6.04. The number of carbonyl (C=O) groups is 1. The van der Waals surface area contributed by atoms with Crippen LogP contribution < -0.4 is 5.73 Å². The maximum atomic E-state index is 11.7. The molecular weight excluding hydrogens is 376 g/mol. The first-order chi connectivity index (χ1) is 14.7. The molecule has 3 rings (SSSR count). The molecule has 1 atom stereocenters. The van der Waals surface area contributed by atoms with Crippen LogP contribution in [0.4, 0.5) is 0 Å². The molecule has 2 heterocycles. The molecule has 1 saturated heterocycles. The first kappa shape index (κ1) is 22.5. The highest BCUT2D eigenvalue weighted by Gasteiger charge is 2.30. The van der Waals surface area contributed by atoms with Crippen molar-refractivity contribution in [2.75, 3.05) is 19.6 Å². The van der Waals surface area contributed by atoms with Crippen molar-refractivity contribution in [1.29, 1.82) is 0 Å². The molecule has 1 aliphatic rings. The van der Waals surface area contributed by atoms with Gasteiger partial charge in [0.2, 0.25) is 17.6 Å². The maximum absolute atomic E-state index is 11.7. The fraction of sp³-hybridized carbons (Fsp3) is 0.625. The van der Waals surface area contributed by atoms with Gasteiger partial charge < -0.3 is 15.2 Å². The summed E-state index contributed by atoms with van der Waals surface area (Å²) in [6, 6.07) is 8.49. The Kier molecular flexibility index (Phi) is 8.87. The van der Waals surface area contributed by atoms with Gasteiger partial charge in [-0.1, -0.05) is 81.3 Å². The number of nitrogens with zero attached hydrogens (tertiary/aromatic N) is 3. The van der Waals surface area contributed by atoms with Gasteiger partial charge in [-0.25, -0.2) is 0 Å². The predicted octanol–water partition coefficient (Wildman–Crippen LogP) is 4.69. The molecule has 2 N–H and O–H groups in total. The number of aryl methyl sites for hydroxylation is 1. The highest BCUT2D eigenvalue weighted by molar-refractivity contribution is 5.78. The molecule has 0 bridgehead atoms. The molecule has 6 heteroatoms. The Morgan fingerprint density at radius 2 is 1.80 bits per heavy atom. The number of rotatable bonds is 12. The molecule has 1 fully saturated rings. The van der Waals surface area contributed by atoms with Gasteiger partial charge >= 0.3 is 0 Å². The second kappa shape index (κ2) is 11.8. The molecule has 30 heavy (non-hydrogen) atoms. The van der Waals surface area contributed by atoms with Gasteiger partial charge in [0.05, 0.1) is 12.5 Å². The number of benzene rings is 1.